The Morgan fingerprint density at radius 3 is 2.62 bits per heavy atom. The molecule has 2 rings (SSSR count). The molecular formula is C17H18FNOS. The molecule has 2 aromatic rings. The molecule has 0 atom stereocenters. The average Bonchev–Trinajstić information content (AvgIpc) is 2.47. The van der Waals surface area contributed by atoms with Crippen molar-refractivity contribution in [1.82, 2.24) is 5.32 Å². The molecule has 2 aromatic carbocycles. The van der Waals surface area contributed by atoms with E-state index in [0.29, 0.717) is 6.54 Å². The number of benzene rings is 2. The van der Waals surface area contributed by atoms with E-state index in [-0.39, 0.29) is 11.5 Å². The molecule has 0 aliphatic rings. The minimum Gasteiger partial charge on any atom is -0.351 e. The fourth-order valence-corrected chi connectivity index (χ4v) is 2.74. The van der Waals surface area contributed by atoms with Gasteiger partial charge in [0.25, 0.3) is 5.91 Å². The Morgan fingerprint density at radius 2 is 1.90 bits per heavy atom. The van der Waals surface area contributed by atoms with Gasteiger partial charge in [-0.1, -0.05) is 18.2 Å². The van der Waals surface area contributed by atoms with Crippen LogP contribution in [0.15, 0.2) is 47.4 Å². The summed E-state index contributed by atoms with van der Waals surface area (Å²) in [6.07, 6.45) is 0. The van der Waals surface area contributed by atoms with Crippen LogP contribution in [0.5, 0.6) is 0 Å². The summed E-state index contributed by atoms with van der Waals surface area (Å²) < 4.78 is 13.4. The number of amides is 1. The van der Waals surface area contributed by atoms with Crippen LogP contribution < -0.4 is 5.32 Å². The average molecular weight is 303 g/mol. The Bertz CT molecular complexity index is 642. The molecule has 0 bridgehead atoms. The molecule has 4 heteroatoms. The first-order chi connectivity index (χ1) is 10.1. The van der Waals surface area contributed by atoms with Gasteiger partial charge in [0.2, 0.25) is 0 Å². The first-order valence-corrected chi connectivity index (χ1v) is 7.79. The number of hydrogen-bond acceptors (Lipinski definition) is 2. The molecule has 21 heavy (non-hydrogen) atoms. The number of rotatable bonds is 5. The van der Waals surface area contributed by atoms with Crippen LogP contribution in [-0.4, -0.2) is 18.2 Å². The molecule has 0 aliphatic heterocycles. The van der Waals surface area contributed by atoms with E-state index in [1.54, 1.807) is 23.9 Å². The summed E-state index contributed by atoms with van der Waals surface area (Å²) in [5.41, 5.74) is 2.62. The molecule has 0 spiro atoms. The Balaban J connectivity index is 1.81. The maximum Gasteiger partial charge on any atom is 0.254 e. The molecule has 2 nitrogen and oxygen atoms in total. The van der Waals surface area contributed by atoms with Crippen molar-refractivity contribution < 1.29 is 9.18 Å². The van der Waals surface area contributed by atoms with Gasteiger partial charge < -0.3 is 5.32 Å². The van der Waals surface area contributed by atoms with Crippen LogP contribution in [0.3, 0.4) is 0 Å². The van der Waals surface area contributed by atoms with Crippen LogP contribution >= 0.6 is 11.8 Å². The van der Waals surface area contributed by atoms with Crippen molar-refractivity contribution in [1.29, 1.82) is 0 Å². The van der Waals surface area contributed by atoms with Crippen molar-refractivity contribution in [2.45, 2.75) is 18.7 Å². The van der Waals surface area contributed by atoms with Crippen LogP contribution in [0.2, 0.25) is 0 Å². The van der Waals surface area contributed by atoms with Crippen molar-refractivity contribution in [2.24, 2.45) is 0 Å². The number of aryl methyl sites for hydroxylation is 2. The molecule has 0 aliphatic carbocycles. The second kappa shape index (κ2) is 7.27. The maximum atomic E-state index is 13.4. The van der Waals surface area contributed by atoms with Gasteiger partial charge in [0.05, 0.1) is 5.56 Å². The molecule has 1 amide bonds. The lowest BCUT2D eigenvalue weighted by Gasteiger charge is -2.07. The van der Waals surface area contributed by atoms with Gasteiger partial charge in [-0.15, -0.1) is 11.8 Å². The number of thioether (sulfide) groups is 1. The minimum atomic E-state index is -0.489. The normalized spacial score (nSPS) is 10.4. The fourth-order valence-electron chi connectivity index (χ4n) is 1.88. The van der Waals surface area contributed by atoms with E-state index in [2.05, 4.69) is 37.4 Å². The Hall–Kier alpha value is -1.81. The van der Waals surface area contributed by atoms with Gasteiger partial charge in [0.15, 0.2) is 0 Å². The third-order valence-corrected chi connectivity index (χ3v) is 4.25. The summed E-state index contributed by atoms with van der Waals surface area (Å²) in [6.45, 7) is 4.67. The molecular weight excluding hydrogens is 285 g/mol. The van der Waals surface area contributed by atoms with Gasteiger partial charge in [0, 0.05) is 17.2 Å². The highest BCUT2D eigenvalue weighted by Gasteiger charge is 2.09. The van der Waals surface area contributed by atoms with E-state index >= 15 is 0 Å². The number of hydrogen-bond donors (Lipinski definition) is 1. The van der Waals surface area contributed by atoms with E-state index in [0.717, 1.165) is 5.75 Å². The summed E-state index contributed by atoms with van der Waals surface area (Å²) in [7, 11) is 0. The molecule has 0 heterocycles. The first-order valence-electron chi connectivity index (χ1n) is 6.80. The maximum absolute atomic E-state index is 13.4. The zero-order valence-corrected chi connectivity index (χ0v) is 13.0. The largest absolute Gasteiger partial charge is 0.351 e. The van der Waals surface area contributed by atoms with Crippen LogP contribution in [0.25, 0.3) is 0 Å². The highest BCUT2D eigenvalue weighted by Crippen LogP contribution is 2.20. The predicted octanol–water partition coefficient (Wildman–Crippen LogP) is 3.96. The van der Waals surface area contributed by atoms with Gasteiger partial charge in [-0.3, -0.25) is 4.79 Å². The minimum absolute atomic E-state index is 0.0914. The molecule has 0 aromatic heterocycles. The third-order valence-electron chi connectivity index (χ3n) is 3.25. The summed E-state index contributed by atoms with van der Waals surface area (Å²) >= 11 is 1.68. The molecule has 0 radical (unpaired) electrons. The van der Waals surface area contributed by atoms with Gasteiger partial charge in [-0.25, -0.2) is 4.39 Å². The summed E-state index contributed by atoms with van der Waals surface area (Å²) in [4.78, 5) is 13.0. The summed E-state index contributed by atoms with van der Waals surface area (Å²) in [5, 5.41) is 2.74. The zero-order chi connectivity index (χ0) is 15.2. The Labute approximate surface area is 128 Å². The van der Waals surface area contributed by atoms with Gasteiger partial charge in [-0.05, 0) is 49.2 Å². The van der Waals surface area contributed by atoms with Crippen LogP contribution in [0.1, 0.15) is 21.5 Å². The standard InChI is InChI=1S/C17H18FNOS/c1-12-7-8-14(11-13(12)2)21-10-9-19-17(20)15-5-3-4-6-16(15)18/h3-8,11H,9-10H2,1-2H3,(H,19,20). The Kier molecular flexibility index (Phi) is 5.39. The zero-order valence-electron chi connectivity index (χ0n) is 12.2. The van der Waals surface area contributed by atoms with E-state index in [1.165, 1.54) is 28.2 Å². The predicted molar refractivity (Wildman–Crippen MR) is 85.4 cm³/mol. The van der Waals surface area contributed by atoms with Crippen molar-refractivity contribution in [3.63, 3.8) is 0 Å². The van der Waals surface area contributed by atoms with E-state index in [9.17, 15) is 9.18 Å². The number of halogens is 1. The second-order valence-electron chi connectivity index (χ2n) is 4.83. The fraction of sp³-hybridized carbons (Fsp3) is 0.235. The summed E-state index contributed by atoms with van der Waals surface area (Å²) in [5.74, 6) is -0.103. The number of carbonyl (C=O) groups excluding carboxylic acids is 1. The molecule has 0 unspecified atom stereocenters. The summed E-state index contributed by atoms with van der Waals surface area (Å²) in [6, 6.07) is 12.3. The van der Waals surface area contributed by atoms with Crippen molar-refractivity contribution in [3.8, 4) is 0 Å². The van der Waals surface area contributed by atoms with E-state index in [4.69, 9.17) is 0 Å². The van der Waals surface area contributed by atoms with Gasteiger partial charge in [0.1, 0.15) is 5.82 Å². The highest BCUT2D eigenvalue weighted by atomic mass is 32.2. The quantitative estimate of drug-likeness (QED) is 0.669. The molecule has 0 saturated carbocycles. The van der Waals surface area contributed by atoms with Crippen molar-refractivity contribution in [3.05, 3.63) is 65.0 Å². The van der Waals surface area contributed by atoms with E-state index in [1.807, 2.05) is 0 Å². The first kappa shape index (κ1) is 15.6. The van der Waals surface area contributed by atoms with Crippen molar-refractivity contribution in [2.75, 3.05) is 12.3 Å². The van der Waals surface area contributed by atoms with Crippen LogP contribution in [0, 0.1) is 19.7 Å². The number of nitrogens with one attached hydrogen (secondary N) is 1. The second-order valence-corrected chi connectivity index (χ2v) is 6.00. The lowest BCUT2D eigenvalue weighted by molar-refractivity contribution is 0.0952. The molecule has 1 N–H and O–H groups in total. The van der Waals surface area contributed by atoms with Crippen LogP contribution in [-0.2, 0) is 0 Å². The SMILES string of the molecule is Cc1ccc(SCCNC(=O)c2ccccc2F)cc1C. The smallest absolute Gasteiger partial charge is 0.254 e. The Morgan fingerprint density at radius 1 is 1.14 bits per heavy atom. The van der Waals surface area contributed by atoms with Gasteiger partial charge >= 0.3 is 0 Å². The van der Waals surface area contributed by atoms with E-state index < -0.39 is 5.82 Å². The highest BCUT2D eigenvalue weighted by molar-refractivity contribution is 7.99. The van der Waals surface area contributed by atoms with Crippen molar-refractivity contribution >= 4 is 17.7 Å². The monoisotopic (exact) mass is 303 g/mol. The molecule has 0 saturated heterocycles. The van der Waals surface area contributed by atoms with Gasteiger partial charge in [-0.2, -0.15) is 0 Å². The number of carbonyl (C=O) groups is 1. The van der Waals surface area contributed by atoms with Crippen LogP contribution in [0.4, 0.5) is 4.39 Å². The molecule has 0 fully saturated rings. The topological polar surface area (TPSA) is 29.1 Å². The lowest BCUT2D eigenvalue weighted by Crippen LogP contribution is -2.26. The lowest BCUT2D eigenvalue weighted by atomic mass is 10.1. The molecule has 110 valence electrons. The third kappa shape index (κ3) is 4.33.